The van der Waals surface area contributed by atoms with Gasteiger partial charge in [0.2, 0.25) is 16.0 Å². The molecule has 2 atom stereocenters. The molecule has 6 nitrogen and oxygen atoms in total. The number of hydrogen-bond acceptors (Lipinski definition) is 5. The Balaban J connectivity index is 2.24. The van der Waals surface area contributed by atoms with Crippen LogP contribution < -0.4 is 5.73 Å². The first-order valence-corrected chi connectivity index (χ1v) is 11.1. The number of nitrogens with two attached hydrogens (primary N) is 1. The van der Waals surface area contributed by atoms with Crippen molar-refractivity contribution in [2.45, 2.75) is 38.5 Å². The van der Waals surface area contributed by atoms with Crippen molar-refractivity contribution in [1.29, 1.82) is 0 Å². The van der Waals surface area contributed by atoms with E-state index in [1.807, 2.05) is 0 Å². The number of carbonyl (C=O) groups is 1. The molecule has 2 N–H and O–H groups in total. The molecule has 1 aliphatic heterocycles. The van der Waals surface area contributed by atoms with E-state index < -0.39 is 37.9 Å². The van der Waals surface area contributed by atoms with Gasteiger partial charge in [0.25, 0.3) is 0 Å². The summed E-state index contributed by atoms with van der Waals surface area (Å²) < 4.78 is 56.3. The Labute approximate surface area is 180 Å². The minimum atomic E-state index is -4.15. The Morgan fingerprint density at radius 1 is 1.13 bits per heavy atom. The highest BCUT2D eigenvalue weighted by atomic mass is 32.2. The van der Waals surface area contributed by atoms with Crippen LogP contribution in [0.1, 0.15) is 54.4 Å². The molecule has 2 aromatic carbocycles. The second-order valence-corrected chi connectivity index (χ2v) is 10.9. The fraction of sp³-hybridized carbons (Fsp3) is 0.364. The van der Waals surface area contributed by atoms with E-state index in [-0.39, 0.29) is 22.9 Å². The van der Waals surface area contributed by atoms with Crippen molar-refractivity contribution in [2.75, 3.05) is 7.05 Å². The maximum absolute atomic E-state index is 14.7. The predicted molar refractivity (Wildman–Crippen MR) is 115 cm³/mol. The summed E-state index contributed by atoms with van der Waals surface area (Å²) in [5, 5.41) is -1.40. The molecule has 31 heavy (non-hydrogen) atoms. The van der Waals surface area contributed by atoms with Gasteiger partial charge >= 0.3 is 0 Å². The van der Waals surface area contributed by atoms with Gasteiger partial charge < -0.3 is 5.73 Å². The van der Waals surface area contributed by atoms with Crippen molar-refractivity contribution in [2.24, 2.45) is 16.1 Å². The molecule has 9 heteroatoms. The van der Waals surface area contributed by atoms with Gasteiger partial charge in [-0.1, -0.05) is 45.0 Å². The lowest BCUT2D eigenvalue weighted by Gasteiger charge is -2.41. The van der Waals surface area contributed by atoms with Crippen LogP contribution in [0.4, 0.5) is 8.78 Å². The highest BCUT2D eigenvalue weighted by molar-refractivity contribution is 7.90. The zero-order valence-electron chi connectivity index (χ0n) is 18.0. The van der Waals surface area contributed by atoms with Gasteiger partial charge in [-0.3, -0.25) is 4.79 Å². The summed E-state index contributed by atoms with van der Waals surface area (Å²) in [6.45, 7) is 6.75. The molecule has 0 amide bonds. The van der Waals surface area contributed by atoms with E-state index >= 15 is 0 Å². The molecule has 0 spiro atoms. The number of sulfonamides is 1. The number of hydrogen-bond donors (Lipinski definition) is 1. The Morgan fingerprint density at radius 2 is 1.71 bits per heavy atom. The van der Waals surface area contributed by atoms with Crippen LogP contribution in [0, 0.1) is 17.0 Å². The van der Waals surface area contributed by atoms with Gasteiger partial charge in [0.05, 0.1) is 0 Å². The number of nitrogens with zero attached hydrogens (tertiary/aromatic N) is 2. The molecule has 0 radical (unpaired) electrons. The standard InChI is InChI=1S/C22H25F2N3O3S/c1-21(2,3)18(28)13-6-8-14(9-7-13)19-22(4,16-12-15(23)10-11-17(16)24)26-20(25)27(5)31(19,29)30/h6-12,19H,1-5H3,(H2,25,26)/t19-,22-/m1/s1. The number of Topliss-reactive ketones (excluding diaryl/α,β-unsaturated/α-hetero) is 1. The Morgan fingerprint density at radius 3 is 2.26 bits per heavy atom. The SMILES string of the molecule is CN1C(N)=N[C@](C)(c2cc(F)ccc2F)[C@@H](c2ccc(C(=O)C(C)(C)C)cc2)S1(=O)=O. The summed E-state index contributed by atoms with van der Waals surface area (Å²) >= 11 is 0. The zero-order valence-corrected chi connectivity index (χ0v) is 18.8. The van der Waals surface area contributed by atoms with Gasteiger partial charge in [0, 0.05) is 23.6 Å². The molecule has 0 bridgehead atoms. The molecule has 0 saturated carbocycles. The monoisotopic (exact) mass is 449 g/mol. The number of benzene rings is 2. The van der Waals surface area contributed by atoms with Crippen LogP contribution in [-0.2, 0) is 15.6 Å². The second-order valence-electron chi connectivity index (χ2n) is 8.84. The molecule has 1 aliphatic rings. The van der Waals surface area contributed by atoms with Crippen LogP contribution >= 0.6 is 0 Å². The smallest absolute Gasteiger partial charge is 0.247 e. The summed E-state index contributed by atoms with van der Waals surface area (Å²) in [5.41, 5.74) is 3.95. The highest BCUT2D eigenvalue weighted by Gasteiger charge is 2.52. The molecule has 0 saturated heterocycles. The summed E-state index contributed by atoms with van der Waals surface area (Å²) in [6.07, 6.45) is 0. The average Bonchev–Trinajstić information content (AvgIpc) is 2.67. The van der Waals surface area contributed by atoms with Crippen LogP contribution in [-0.4, -0.2) is 31.5 Å². The molecule has 3 rings (SSSR count). The van der Waals surface area contributed by atoms with E-state index in [1.165, 1.54) is 38.2 Å². The molecule has 0 aliphatic carbocycles. The van der Waals surface area contributed by atoms with Crippen molar-refractivity contribution >= 4 is 21.8 Å². The fourth-order valence-corrected chi connectivity index (χ4v) is 5.65. The maximum atomic E-state index is 14.7. The Kier molecular flexibility index (Phi) is 5.46. The van der Waals surface area contributed by atoms with Crippen LogP contribution in [0.3, 0.4) is 0 Å². The van der Waals surface area contributed by atoms with Crippen LogP contribution in [0.5, 0.6) is 0 Å². The van der Waals surface area contributed by atoms with Gasteiger partial charge in [-0.05, 0) is 30.7 Å². The number of carbonyl (C=O) groups excluding carboxylic acids is 1. The van der Waals surface area contributed by atoms with E-state index in [0.717, 1.165) is 22.5 Å². The molecule has 166 valence electrons. The fourth-order valence-electron chi connectivity index (χ4n) is 3.77. The van der Waals surface area contributed by atoms with Crippen LogP contribution in [0.15, 0.2) is 47.5 Å². The second kappa shape index (κ2) is 7.40. The molecule has 0 fully saturated rings. The summed E-state index contributed by atoms with van der Waals surface area (Å²) in [6, 6.07) is 8.86. The van der Waals surface area contributed by atoms with Gasteiger partial charge in [-0.15, -0.1) is 0 Å². The Bertz CT molecular complexity index is 1170. The van der Waals surface area contributed by atoms with E-state index in [4.69, 9.17) is 5.73 Å². The number of halogens is 2. The first kappa shape index (κ1) is 22.9. The zero-order chi connectivity index (χ0) is 23.4. The summed E-state index contributed by atoms with van der Waals surface area (Å²) in [5.74, 6) is -1.97. The van der Waals surface area contributed by atoms with Gasteiger partial charge in [-0.2, -0.15) is 0 Å². The van der Waals surface area contributed by atoms with Crippen molar-refractivity contribution < 1.29 is 22.0 Å². The maximum Gasteiger partial charge on any atom is 0.247 e. The first-order valence-electron chi connectivity index (χ1n) is 9.63. The number of rotatable bonds is 3. The summed E-state index contributed by atoms with van der Waals surface area (Å²) in [4.78, 5) is 16.8. The Hall–Kier alpha value is -2.81. The van der Waals surface area contributed by atoms with Crippen molar-refractivity contribution in [3.8, 4) is 0 Å². The van der Waals surface area contributed by atoms with E-state index in [2.05, 4.69) is 4.99 Å². The topological polar surface area (TPSA) is 92.8 Å². The average molecular weight is 450 g/mol. The van der Waals surface area contributed by atoms with Crippen LogP contribution in [0.25, 0.3) is 0 Å². The summed E-state index contributed by atoms with van der Waals surface area (Å²) in [7, 11) is -2.90. The number of aliphatic imine (C=N–C) groups is 1. The minimum Gasteiger partial charge on any atom is -0.369 e. The van der Waals surface area contributed by atoms with Crippen molar-refractivity contribution in [1.82, 2.24) is 4.31 Å². The lowest BCUT2D eigenvalue weighted by molar-refractivity contribution is 0.0858. The van der Waals surface area contributed by atoms with Gasteiger partial charge in [0.1, 0.15) is 22.4 Å². The predicted octanol–water partition coefficient (Wildman–Crippen LogP) is 3.74. The molecule has 1 heterocycles. The molecular weight excluding hydrogens is 424 g/mol. The van der Waals surface area contributed by atoms with Crippen molar-refractivity contribution in [3.63, 3.8) is 0 Å². The highest BCUT2D eigenvalue weighted by Crippen LogP contribution is 2.48. The number of ketones is 1. The lowest BCUT2D eigenvalue weighted by atomic mass is 9.83. The largest absolute Gasteiger partial charge is 0.369 e. The normalized spacial score (nSPS) is 23.4. The molecule has 2 aromatic rings. The quantitative estimate of drug-likeness (QED) is 0.723. The van der Waals surface area contributed by atoms with Crippen molar-refractivity contribution in [3.05, 3.63) is 70.8 Å². The molecule has 0 aromatic heterocycles. The third-order valence-corrected chi connectivity index (χ3v) is 7.77. The third-order valence-electron chi connectivity index (χ3n) is 5.49. The first-order chi connectivity index (χ1) is 14.2. The van der Waals surface area contributed by atoms with E-state index in [0.29, 0.717) is 5.56 Å². The third kappa shape index (κ3) is 3.82. The van der Waals surface area contributed by atoms with Crippen LogP contribution in [0.2, 0.25) is 0 Å². The van der Waals surface area contributed by atoms with E-state index in [9.17, 15) is 22.0 Å². The van der Waals surface area contributed by atoms with Gasteiger partial charge in [-0.25, -0.2) is 26.5 Å². The lowest BCUT2D eigenvalue weighted by Crippen LogP contribution is -2.52. The van der Waals surface area contributed by atoms with E-state index in [1.54, 1.807) is 20.8 Å². The molecule has 0 unspecified atom stereocenters. The minimum absolute atomic E-state index is 0.108. The van der Waals surface area contributed by atoms with Gasteiger partial charge in [0.15, 0.2) is 5.78 Å². The number of guanidine groups is 1. The molecular formula is C22H25F2N3O3S.